The van der Waals surface area contributed by atoms with E-state index in [1.165, 1.54) is 6.07 Å². The summed E-state index contributed by atoms with van der Waals surface area (Å²) in [5.74, 6) is -3.43. The number of nitrogens with one attached hydrogen (secondary N) is 2. The lowest BCUT2D eigenvalue weighted by atomic mass is 9.89. The maximum absolute atomic E-state index is 14.0. The van der Waals surface area contributed by atoms with Crippen molar-refractivity contribution in [2.24, 2.45) is 0 Å². The number of amides is 2. The minimum Gasteiger partial charge on any atom is -0.380 e. The third kappa shape index (κ3) is 4.42. The van der Waals surface area contributed by atoms with Gasteiger partial charge in [-0.15, -0.1) is 0 Å². The molecule has 3 aromatic rings. The second-order valence-corrected chi connectivity index (χ2v) is 8.92. The van der Waals surface area contributed by atoms with Crippen LogP contribution in [0, 0.1) is 11.6 Å². The van der Waals surface area contributed by atoms with Crippen molar-refractivity contribution in [3.63, 3.8) is 0 Å². The molecule has 5 rings (SSSR count). The number of hydrogen-bond acceptors (Lipinski definition) is 3. The van der Waals surface area contributed by atoms with Crippen LogP contribution in [0.25, 0.3) is 0 Å². The molecular weight excluding hydrogens is 507 g/mol. The van der Waals surface area contributed by atoms with Crippen LogP contribution in [0.1, 0.15) is 54.9 Å². The molecule has 1 unspecified atom stereocenters. The molecule has 11 heteroatoms. The van der Waals surface area contributed by atoms with Crippen LogP contribution in [-0.2, 0) is 10.9 Å². The Morgan fingerprint density at radius 1 is 1.03 bits per heavy atom. The van der Waals surface area contributed by atoms with Crippen LogP contribution in [0.3, 0.4) is 0 Å². The van der Waals surface area contributed by atoms with Crippen LogP contribution in [0.2, 0.25) is 5.02 Å². The highest BCUT2D eigenvalue weighted by Gasteiger charge is 2.37. The van der Waals surface area contributed by atoms with Crippen molar-refractivity contribution in [1.29, 1.82) is 0 Å². The van der Waals surface area contributed by atoms with Gasteiger partial charge >= 0.3 is 6.18 Å². The normalized spacial score (nSPS) is 17.4. The van der Waals surface area contributed by atoms with Crippen molar-refractivity contribution in [1.82, 2.24) is 5.32 Å². The zero-order chi connectivity index (χ0) is 25.8. The Morgan fingerprint density at radius 3 is 2.44 bits per heavy atom. The maximum Gasteiger partial charge on any atom is 0.416 e. The Bertz CT molecular complexity index is 1410. The van der Waals surface area contributed by atoms with Gasteiger partial charge in [0.2, 0.25) is 0 Å². The lowest BCUT2D eigenvalue weighted by Crippen LogP contribution is -2.25. The molecule has 186 valence electrons. The van der Waals surface area contributed by atoms with Crippen LogP contribution in [-0.4, -0.2) is 25.0 Å². The number of ether oxygens (including phenoxy) is 1. The van der Waals surface area contributed by atoms with Gasteiger partial charge in [-0.1, -0.05) is 11.6 Å². The molecule has 0 aliphatic carbocycles. The van der Waals surface area contributed by atoms with Crippen LogP contribution in [0.15, 0.2) is 48.5 Å². The highest BCUT2D eigenvalue weighted by Crippen LogP contribution is 2.42. The van der Waals surface area contributed by atoms with Crippen LogP contribution < -0.4 is 10.6 Å². The molecule has 2 aliphatic rings. The first-order valence-electron chi connectivity index (χ1n) is 10.7. The number of halogens is 6. The van der Waals surface area contributed by atoms with Gasteiger partial charge in [0.25, 0.3) is 11.8 Å². The van der Waals surface area contributed by atoms with E-state index in [1.807, 2.05) is 0 Å². The predicted octanol–water partition coefficient (Wildman–Crippen LogP) is 5.84. The summed E-state index contributed by atoms with van der Waals surface area (Å²) in [4.78, 5) is 25.9. The zero-order valence-corrected chi connectivity index (χ0v) is 18.9. The topological polar surface area (TPSA) is 67.4 Å². The van der Waals surface area contributed by atoms with Crippen molar-refractivity contribution >= 4 is 29.1 Å². The van der Waals surface area contributed by atoms with Crippen molar-refractivity contribution in [2.45, 2.75) is 18.1 Å². The number of alkyl halides is 3. The quantitative estimate of drug-likeness (QED) is 0.423. The van der Waals surface area contributed by atoms with E-state index in [4.69, 9.17) is 16.3 Å². The molecule has 1 fully saturated rings. The summed E-state index contributed by atoms with van der Waals surface area (Å²) in [6, 6.07) is 7.37. The fourth-order valence-corrected chi connectivity index (χ4v) is 4.50. The predicted molar refractivity (Wildman–Crippen MR) is 120 cm³/mol. The first kappa shape index (κ1) is 24.2. The molecule has 1 saturated heterocycles. The molecule has 0 aromatic heterocycles. The average molecular weight is 523 g/mol. The van der Waals surface area contributed by atoms with Gasteiger partial charge in [-0.2, -0.15) is 13.2 Å². The maximum atomic E-state index is 14.0. The van der Waals surface area contributed by atoms with Crippen LogP contribution in [0.4, 0.5) is 27.6 Å². The fourth-order valence-electron chi connectivity index (χ4n) is 4.27. The van der Waals surface area contributed by atoms with E-state index in [-0.39, 0.29) is 39.4 Å². The summed E-state index contributed by atoms with van der Waals surface area (Å²) in [5, 5.41) is 5.39. The Morgan fingerprint density at radius 2 is 1.78 bits per heavy atom. The lowest BCUT2D eigenvalue weighted by Gasteiger charge is -2.28. The van der Waals surface area contributed by atoms with E-state index in [1.54, 1.807) is 12.1 Å². The monoisotopic (exact) mass is 522 g/mol. The molecule has 2 amide bonds. The van der Waals surface area contributed by atoms with E-state index < -0.39 is 46.8 Å². The molecule has 3 aromatic carbocycles. The van der Waals surface area contributed by atoms with E-state index >= 15 is 0 Å². The van der Waals surface area contributed by atoms with Crippen molar-refractivity contribution in [3.05, 3.63) is 98.6 Å². The minimum absolute atomic E-state index is 0.0680. The van der Waals surface area contributed by atoms with Gasteiger partial charge in [0.1, 0.15) is 11.6 Å². The summed E-state index contributed by atoms with van der Waals surface area (Å²) in [6.07, 6.45) is -4.86. The van der Waals surface area contributed by atoms with Crippen LogP contribution >= 0.6 is 11.6 Å². The largest absolute Gasteiger partial charge is 0.416 e. The molecule has 2 heterocycles. The number of benzene rings is 3. The minimum atomic E-state index is -4.86. The van der Waals surface area contributed by atoms with Gasteiger partial charge in [0.15, 0.2) is 0 Å². The van der Waals surface area contributed by atoms with Crippen molar-refractivity contribution < 1.29 is 36.3 Å². The molecular formula is C25H16ClF5N2O3. The number of rotatable bonds is 4. The van der Waals surface area contributed by atoms with Gasteiger partial charge in [-0.3, -0.25) is 9.59 Å². The van der Waals surface area contributed by atoms with Crippen LogP contribution in [0.5, 0.6) is 0 Å². The second-order valence-electron chi connectivity index (χ2n) is 8.52. The lowest BCUT2D eigenvalue weighted by molar-refractivity contribution is -0.137. The second kappa shape index (κ2) is 8.86. The Labute approximate surface area is 206 Å². The number of carbonyl (C=O) groups excluding carboxylic acids is 2. The summed E-state index contributed by atoms with van der Waals surface area (Å²) < 4.78 is 72.6. The molecule has 5 nitrogen and oxygen atoms in total. The molecule has 36 heavy (non-hydrogen) atoms. The number of anilines is 1. The van der Waals surface area contributed by atoms with Gasteiger partial charge in [0, 0.05) is 38.9 Å². The molecule has 2 N–H and O–H groups in total. The third-order valence-corrected chi connectivity index (χ3v) is 6.47. The van der Waals surface area contributed by atoms with Crippen molar-refractivity contribution in [3.8, 4) is 0 Å². The number of carbonyl (C=O) groups is 2. The first-order chi connectivity index (χ1) is 17.0. The highest BCUT2D eigenvalue weighted by molar-refractivity contribution is 6.31. The molecule has 0 radical (unpaired) electrons. The van der Waals surface area contributed by atoms with Gasteiger partial charge in [-0.25, -0.2) is 8.78 Å². The van der Waals surface area contributed by atoms with Gasteiger partial charge in [0.05, 0.1) is 24.8 Å². The summed E-state index contributed by atoms with van der Waals surface area (Å²) in [7, 11) is 0. The molecule has 0 bridgehead atoms. The van der Waals surface area contributed by atoms with E-state index in [9.17, 15) is 31.5 Å². The summed E-state index contributed by atoms with van der Waals surface area (Å²) in [6.45, 7) is 0.761. The van der Waals surface area contributed by atoms with E-state index in [0.29, 0.717) is 30.9 Å². The zero-order valence-electron chi connectivity index (χ0n) is 18.2. The Kier molecular flexibility index (Phi) is 5.96. The molecule has 1 atom stereocenters. The van der Waals surface area contributed by atoms with Gasteiger partial charge in [-0.05, 0) is 54.1 Å². The fraction of sp³-hybridized carbons (Fsp3) is 0.200. The Balaban J connectivity index is 1.61. The summed E-state index contributed by atoms with van der Waals surface area (Å²) in [5.41, 5.74) is -0.449. The summed E-state index contributed by atoms with van der Waals surface area (Å²) >= 11 is 6.27. The van der Waals surface area contributed by atoms with Crippen molar-refractivity contribution in [2.75, 3.05) is 18.5 Å². The smallest absolute Gasteiger partial charge is 0.380 e. The molecule has 2 aliphatic heterocycles. The highest BCUT2D eigenvalue weighted by atomic mass is 35.5. The number of fused-ring (bicyclic) bond motifs is 1. The number of hydrogen-bond donors (Lipinski definition) is 2. The first-order valence-corrected chi connectivity index (χ1v) is 11.1. The molecule has 0 spiro atoms. The van der Waals surface area contributed by atoms with E-state index in [2.05, 4.69) is 10.6 Å². The Hall–Kier alpha value is -3.50. The van der Waals surface area contributed by atoms with E-state index in [0.717, 1.165) is 12.1 Å². The third-order valence-electron chi connectivity index (χ3n) is 6.13. The SMILES string of the molecule is O=C(Nc1cc(C2COC2)cc2c1C(c1cc(F)ccc1Cl)NC2=O)c1cc(F)cc(C(F)(F)F)c1. The standard InChI is InChI=1S/C25H16ClF5N2O3/c26-19-2-1-15(27)8-17(19)22-21-18(24(35)33-22)5-11(13-9-36-10-13)6-20(21)32-23(34)12-3-14(25(29,30)31)7-16(28)4-12/h1-8,13,22H,9-10H2,(H,32,34)(H,33,35). The van der Waals surface area contributed by atoms with Gasteiger partial charge < -0.3 is 15.4 Å². The average Bonchev–Trinajstić information content (AvgIpc) is 3.10. The molecule has 0 saturated carbocycles.